The van der Waals surface area contributed by atoms with Crippen LogP contribution in [0.3, 0.4) is 0 Å². The standard InChI is InChI=1S/C14H19F2NO3/c1-14(17-2,13(18)19)7-3-4-8-20-12-9-10(15)5-6-11(12)16/h5-6,9,17H,3-4,7-8H2,1-2H3,(H,18,19). The second-order valence-corrected chi connectivity index (χ2v) is 4.77. The molecule has 1 atom stereocenters. The van der Waals surface area contributed by atoms with Gasteiger partial charge in [-0.3, -0.25) is 4.79 Å². The highest BCUT2D eigenvalue weighted by Gasteiger charge is 2.30. The Bertz CT molecular complexity index is 468. The summed E-state index contributed by atoms with van der Waals surface area (Å²) in [4.78, 5) is 11.0. The lowest BCUT2D eigenvalue weighted by atomic mass is 9.95. The van der Waals surface area contributed by atoms with Crippen molar-refractivity contribution in [3.05, 3.63) is 29.8 Å². The van der Waals surface area contributed by atoms with Gasteiger partial charge in [0.1, 0.15) is 11.4 Å². The number of benzene rings is 1. The average Bonchev–Trinajstić information content (AvgIpc) is 2.41. The topological polar surface area (TPSA) is 58.6 Å². The van der Waals surface area contributed by atoms with E-state index in [1.54, 1.807) is 14.0 Å². The summed E-state index contributed by atoms with van der Waals surface area (Å²) in [5, 5.41) is 11.8. The van der Waals surface area contributed by atoms with Gasteiger partial charge >= 0.3 is 5.97 Å². The highest BCUT2D eigenvalue weighted by atomic mass is 19.1. The largest absolute Gasteiger partial charge is 0.490 e. The number of carboxylic acids is 1. The van der Waals surface area contributed by atoms with Gasteiger partial charge in [0.05, 0.1) is 6.61 Å². The summed E-state index contributed by atoms with van der Waals surface area (Å²) >= 11 is 0. The summed E-state index contributed by atoms with van der Waals surface area (Å²) < 4.78 is 31.3. The van der Waals surface area contributed by atoms with E-state index in [2.05, 4.69) is 5.32 Å². The van der Waals surface area contributed by atoms with Crippen molar-refractivity contribution in [3.63, 3.8) is 0 Å². The molecule has 0 radical (unpaired) electrons. The first kappa shape index (κ1) is 16.4. The quantitative estimate of drug-likeness (QED) is 0.722. The number of carboxylic acid groups (broad SMARTS) is 1. The van der Waals surface area contributed by atoms with Gasteiger partial charge in [-0.25, -0.2) is 8.78 Å². The van der Waals surface area contributed by atoms with Crippen molar-refractivity contribution in [2.24, 2.45) is 0 Å². The lowest BCUT2D eigenvalue weighted by Gasteiger charge is -2.23. The van der Waals surface area contributed by atoms with Crippen LogP contribution in [-0.2, 0) is 4.79 Å². The van der Waals surface area contributed by atoms with Gasteiger partial charge in [0, 0.05) is 6.07 Å². The molecule has 0 fully saturated rings. The van der Waals surface area contributed by atoms with Crippen LogP contribution < -0.4 is 10.1 Å². The smallest absolute Gasteiger partial charge is 0.323 e. The molecule has 20 heavy (non-hydrogen) atoms. The van der Waals surface area contributed by atoms with Gasteiger partial charge in [0.25, 0.3) is 0 Å². The number of aliphatic carboxylic acids is 1. The van der Waals surface area contributed by atoms with E-state index in [0.717, 1.165) is 18.2 Å². The fourth-order valence-corrected chi connectivity index (χ4v) is 1.69. The first-order valence-corrected chi connectivity index (χ1v) is 6.39. The molecule has 0 aliphatic carbocycles. The fraction of sp³-hybridized carbons (Fsp3) is 0.500. The van der Waals surface area contributed by atoms with Crippen LogP contribution in [0.5, 0.6) is 5.75 Å². The average molecular weight is 287 g/mol. The van der Waals surface area contributed by atoms with Gasteiger partial charge < -0.3 is 15.2 Å². The molecular weight excluding hydrogens is 268 g/mol. The molecular formula is C14H19F2NO3. The van der Waals surface area contributed by atoms with Crippen LogP contribution in [0, 0.1) is 11.6 Å². The predicted octanol–water partition coefficient (Wildman–Crippen LogP) is 2.58. The maximum Gasteiger partial charge on any atom is 0.323 e. The summed E-state index contributed by atoms with van der Waals surface area (Å²) in [7, 11) is 1.59. The lowest BCUT2D eigenvalue weighted by Crippen LogP contribution is -2.47. The number of nitrogens with one attached hydrogen (secondary N) is 1. The van der Waals surface area contributed by atoms with Crippen LogP contribution in [0.1, 0.15) is 26.2 Å². The highest BCUT2D eigenvalue weighted by Crippen LogP contribution is 2.19. The summed E-state index contributed by atoms with van der Waals surface area (Å²) in [5.41, 5.74) is -0.982. The summed E-state index contributed by atoms with van der Waals surface area (Å²) in [5.74, 6) is -2.22. The zero-order valence-electron chi connectivity index (χ0n) is 11.6. The van der Waals surface area contributed by atoms with Crippen molar-refractivity contribution in [2.75, 3.05) is 13.7 Å². The van der Waals surface area contributed by atoms with E-state index in [4.69, 9.17) is 9.84 Å². The molecule has 0 aromatic heterocycles. The van der Waals surface area contributed by atoms with E-state index in [1.807, 2.05) is 0 Å². The number of carbonyl (C=O) groups is 1. The van der Waals surface area contributed by atoms with Gasteiger partial charge in [-0.05, 0) is 45.4 Å². The molecule has 0 aliphatic heterocycles. The van der Waals surface area contributed by atoms with Crippen LogP contribution >= 0.6 is 0 Å². The van der Waals surface area contributed by atoms with Crippen LogP contribution in [-0.4, -0.2) is 30.3 Å². The van der Waals surface area contributed by atoms with Crippen molar-refractivity contribution < 1.29 is 23.4 Å². The molecule has 0 amide bonds. The van der Waals surface area contributed by atoms with E-state index >= 15 is 0 Å². The molecule has 1 aromatic carbocycles. The minimum atomic E-state index is -0.982. The van der Waals surface area contributed by atoms with Crippen molar-refractivity contribution in [2.45, 2.75) is 31.7 Å². The molecule has 0 heterocycles. The van der Waals surface area contributed by atoms with E-state index in [-0.39, 0.29) is 12.4 Å². The van der Waals surface area contributed by atoms with Gasteiger partial charge in [-0.2, -0.15) is 0 Å². The Morgan fingerprint density at radius 2 is 2.10 bits per heavy atom. The Morgan fingerprint density at radius 1 is 1.40 bits per heavy atom. The van der Waals surface area contributed by atoms with Crippen molar-refractivity contribution >= 4 is 5.97 Å². The molecule has 2 N–H and O–H groups in total. The lowest BCUT2D eigenvalue weighted by molar-refractivity contribution is -0.144. The van der Waals surface area contributed by atoms with E-state index in [9.17, 15) is 13.6 Å². The van der Waals surface area contributed by atoms with Gasteiger partial charge in [-0.1, -0.05) is 0 Å². The number of hydrogen-bond donors (Lipinski definition) is 2. The SMILES string of the molecule is CNC(C)(CCCCOc1cc(F)ccc1F)C(=O)O. The first-order valence-electron chi connectivity index (χ1n) is 6.39. The third-order valence-corrected chi connectivity index (χ3v) is 3.25. The third-order valence-electron chi connectivity index (χ3n) is 3.25. The summed E-state index contributed by atoms with van der Waals surface area (Å²) in [6.07, 6.45) is 1.58. The van der Waals surface area contributed by atoms with Gasteiger partial charge in [0.15, 0.2) is 11.6 Å². The number of ether oxygens (including phenoxy) is 1. The van der Waals surface area contributed by atoms with Gasteiger partial charge in [-0.15, -0.1) is 0 Å². The van der Waals surface area contributed by atoms with Crippen LogP contribution in [0.25, 0.3) is 0 Å². The zero-order chi connectivity index (χ0) is 15.2. The molecule has 0 bridgehead atoms. The molecule has 6 heteroatoms. The zero-order valence-corrected chi connectivity index (χ0v) is 11.6. The number of hydrogen-bond acceptors (Lipinski definition) is 3. The van der Waals surface area contributed by atoms with Crippen LogP contribution in [0.2, 0.25) is 0 Å². The minimum absolute atomic E-state index is 0.125. The van der Waals surface area contributed by atoms with E-state index < -0.39 is 23.1 Å². The monoisotopic (exact) mass is 287 g/mol. The fourth-order valence-electron chi connectivity index (χ4n) is 1.69. The van der Waals surface area contributed by atoms with Gasteiger partial charge in [0.2, 0.25) is 0 Å². The number of unbranched alkanes of at least 4 members (excludes halogenated alkanes) is 1. The summed E-state index contributed by atoms with van der Waals surface area (Å²) in [6, 6.07) is 3.02. The van der Waals surface area contributed by atoms with Crippen LogP contribution in [0.15, 0.2) is 18.2 Å². The second-order valence-electron chi connectivity index (χ2n) is 4.77. The van der Waals surface area contributed by atoms with E-state index in [1.165, 1.54) is 0 Å². The van der Waals surface area contributed by atoms with Crippen molar-refractivity contribution in [1.82, 2.24) is 5.32 Å². The number of halogens is 2. The Balaban J connectivity index is 2.35. The highest BCUT2D eigenvalue weighted by molar-refractivity contribution is 5.78. The molecule has 1 aromatic rings. The van der Waals surface area contributed by atoms with Crippen LogP contribution in [0.4, 0.5) is 8.78 Å². The Hall–Kier alpha value is -1.69. The molecule has 0 spiro atoms. The number of likely N-dealkylation sites (N-methyl/N-ethyl adjacent to an activating group) is 1. The van der Waals surface area contributed by atoms with E-state index in [0.29, 0.717) is 19.3 Å². The summed E-state index contributed by atoms with van der Waals surface area (Å²) in [6.45, 7) is 1.81. The molecule has 1 rings (SSSR count). The minimum Gasteiger partial charge on any atom is -0.490 e. The molecule has 1 unspecified atom stereocenters. The second kappa shape index (κ2) is 7.19. The van der Waals surface area contributed by atoms with Crippen molar-refractivity contribution in [1.29, 1.82) is 0 Å². The Labute approximate surface area is 116 Å². The predicted molar refractivity (Wildman–Crippen MR) is 70.8 cm³/mol. The normalized spacial score (nSPS) is 13.8. The third kappa shape index (κ3) is 4.45. The molecule has 4 nitrogen and oxygen atoms in total. The molecule has 0 aliphatic rings. The van der Waals surface area contributed by atoms with Crippen molar-refractivity contribution in [3.8, 4) is 5.75 Å². The Kier molecular flexibility index (Phi) is 5.88. The number of rotatable bonds is 8. The molecule has 112 valence electrons. The maximum atomic E-state index is 13.2. The molecule has 0 saturated carbocycles. The Morgan fingerprint density at radius 3 is 2.70 bits per heavy atom. The first-order chi connectivity index (χ1) is 9.39. The maximum absolute atomic E-state index is 13.2. The molecule has 0 saturated heterocycles.